The lowest BCUT2D eigenvalue weighted by Gasteiger charge is -2.19. The molecule has 1 heterocycles. The number of esters is 1. The summed E-state index contributed by atoms with van der Waals surface area (Å²) in [7, 11) is 0. The number of benzene rings is 2. The summed E-state index contributed by atoms with van der Waals surface area (Å²) in [5.74, 6) is -2.11. The third-order valence-electron chi connectivity index (χ3n) is 4.34. The maximum absolute atomic E-state index is 14.5. The first kappa shape index (κ1) is 24.4. The van der Waals surface area contributed by atoms with Crippen LogP contribution in [0.4, 0.5) is 8.78 Å². The van der Waals surface area contributed by atoms with Gasteiger partial charge in [-0.1, -0.05) is 35.3 Å². The van der Waals surface area contributed by atoms with Crippen molar-refractivity contribution in [2.24, 2.45) is 0 Å². The van der Waals surface area contributed by atoms with Crippen LogP contribution in [0.15, 0.2) is 36.4 Å². The molecule has 0 aliphatic carbocycles. The second-order valence-electron chi connectivity index (χ2n) is 8.03. The molecular weight excluding hydrogens is 479 g/mol. The van der Waals surface area contributed by atoms with Gasteiger partial charge in [0.05, 0.1) is 4.88 Å². The molecule has 0 spiro atoms. The molecule has 0 atom stereocenters. The highest BCUT2D eigenvalue weighted by Crippen LogP contribution is 2.34. The molecule has 1 aromatic heterocycles. The van der Waals surface area contributed by atoms with E-state index < -0.39 is 23.2 Å². The van der Waals surface area contributed by atoms with Gasteiger partial charge in [0.2, 0.25) is 0 Å². The van der Waals surface area contributed by atoms with E-state index in [2.05, 4.69) is 4.37 Å². The Kier molecular flexibility index (Phi) is 7.75. The van der Waals surface area contributed by atoms with E-state index in [9.17, 15) is 13.6 Å². The molecular formula is C23H21Cl2F2NO3S. The van der Waals surface area contributed by atoms with Crippen LogP contribution in [0.3, 0.4) is 0 Å². The zero-order valence-corrected chi connectivity index (χ0v) is 20.0. The average Bonchev–Trinajstić information content (AvgIpc) is 3.05. The summed E-state index contributed by atoms with van der Waals surface area (Å²) < 4.78 is 43.9. The topological polar surface area (TPSA) is 48.4 Å². The number of carbonyl (C=O) groups excluding carboxylic acids is 1. The van der Waals surface area contributed by atoms with E-state index in [1.807, 2.05) is 12.1 Å². The van der Waals surface area contributed by atoms with Crippen LogP contribution < -0.4 is 4.74 Å². The molecule has 2 aromatic carbocycles. The lowest BCUT2D eigenvalue weighted by Crippen LogP contribution is -2.24. The molecule has 4 nitrogen and oxygen atoms in total. The van der Waals surface area contributed by atoms with Crippen molar-refractivity contribution in [3.05, 3.63) is 69.3 Å². The molecule has 0 fully saturated rings. The lowest BCUT2D eigenvalue weighted by molar-refractivity contribution is -0.154. The van der Waals surface area contributed by atoms with Crippen molar-refractivity contribution < 1.29 is 23.0 Å². The Morgan fingerprint density at radius 1 is 1.06 bits per heavy atom. The Balaban J connectivity index is 1.70. The highest BCUT2D eigenvalue weighted by molar-refractivity contribution is 7.10. The Bertz CT molecular complexity index is 1090. The van der Waals surface area contributed by atoms with Crippen molar-refractivity contribution in [3.63, 3.8) is 0 Å². The fraction of sp³-hybridized carbons (Fsp3) is 0.304. The van der Waals surface area contributed by atoms with Crippen molar-refractivity contribution in [3.8, 4) is 16.2 Å². The predicted octanol–water partition coefficient (Wildman–Crippen LogP) is 7.25. The van der Waals surface area contributed by atoms with Crippen LogP contribution in [0.2, 0.25) is 10.2 Å². The van der Waals surface area contributed by atoms with Gasteiger partial charge in [0.15, 0.2) is 0 Å². The van der Waals surface area contributed by atoms with E-state index in [1.165, 1.54) is 11.5 Å². The monoisotopic (exact) mass is 499 g/mol. The molecule has 3 aromatic rings. The fourth-order valence-electron chi connectivity index (χ4n) is 2.92. The molecule has 0 radical (unpaired) electrons. The normalized spacial score (nSPS) is 11.5. The molecule has 3 rings (SSSR count). The molecule has 9 heteroatoms. The zero-order valence-electron chi connectivity index (χ0n) is 17.7. The van der Waals surface area contributed by atoms with E-state index >= 15 is 0 Å². The molecule has 0 aliphatic rings. The van der Waals surface area contributed by atoms with Crippen molar-refractivity contribution in [2.45, 2.75) is 45.8 Å². The maximum Gasteiger partial charge on any atom is 0.306 e. The van der Waals surface area contributed by atoms with E-state index in [1.54, 1.807) is 32.9 Å². The van der Waals surface area contributed by atoms with Crippen LogP contribution in [-0.2, 0) is 22.6 Å². The number of halogens is 4. The smallest absolute Gasteiger partial charge is 0.306 e. The minimum absolute atomic E-state index is 0.00495. The summed E-state index contributed by atoms with van der Waals surface area (Å²) in [6, 6.07) is 9.32. The quantitative estimate of drug-likeness (QED) is 0.321. The molecule has 0 amide bonds. The minimum atomic E-state index is -0.795. The van der Waals surface area contributed by atoms with E-state index in [0.717, 1.165) is 22.6 Å². The molecule has 0 bridgehead atoms. The summed E-state index contributed by atoms with van der Waals surface area (Å²) in [6.45, 7) is 5.16. The molecule has 170 valence electrons. The Labute approximate surface area is 199 Å². The van der Waals surface area contributed by atoms with Gasteiger partial charge in [-0.05, 0) is 56.4 Å². The predicted molar refractivity (Wildman–Crippen MR) is 122 cm³/mol. The Hall–Kier alpha value is -2.22. The highest BCUT2D eigenvalue weighted by atomic mass is 35.5. The maximum atomic E-state index is 14.5. The Morgan fingerprint density at radius 3 is 2.28 bits per heavy atom. The first-order valence-corrected chi connectivity index (χ1v) is 11.3. The van der Waals surface area contributed by atoms with Gasteiger partial charge in [0.1, 0.15) is 34.7 Å². The van der Waals surface area contributed by atoms with Crippen molar-refractivity contribution >= 4 is 40.7 Å². The summed E-state index contributed by atoms with van der Waals surface area (Å²) in [4.78, 5) is 12.6. The third kappa shape index (κ3) is 6.40. The fourth-order valence-corrected chi connectivity index (χ4v) is 4.14. The zero-order chi connectivity index (χ0) is 23.5. The number of aromatic nitrogens is 1. The van der Waals surface area contributed by atoms with E-state index in [-0.39, 0.29) is 35.9 Å². The largest absolute Gasteiger partial charge is 0.489 e. The third-order valence-corrected chi connectivity index (χ3v) is 5.95. The van der Waals surface area contributed by atoms with Crippen LogP contribution >= 0.6 is 34.7 Å². The second kappa shape index (κ2) is 10.1. The molecule has 0 aliphatic heterocycles. The van der Waals surface area contributed by atoms with Gasteiger partial charge in [-0.15, -0.1) is 0 Å². The van der Waals surface area contributed by atoms with Gasteiger partial charge in [-0.25, -0.2) is 8.78 Å². The van der Waals surface area contributed by atoms with Gasteiger partial charge in [-0.3, -0.25) is 4.79 Å². The second-order valence-corrected chi connectivity index (χ2v) is 9.60. The Morgan fingerprint density at radius 2 is 1.69 bits per heavy atom. The van der Waals surface area contributed by atoms with Gasteiger partial charge < -0.3 is 9.47 Å². The molecule has 0 saturated heterocycles. The first-order valence-electron chi connectivity index (χ1n) is 9.76. The van der Waals surface area contributed by atoms with Crippen LogP contribution in [0, 0.1) is 11.6 Å². The summed E-state index contributed by atoms with van der Waals surface area (Å²) in [6.07, 6.45) is -0.250. The SMILES string of the molecule is CC(C)(C)OC(=O)CCc1c(F)cc(OCc2c(Cl)nsc2-c2ccc(Cl)cc2)cc1F. The molecule has 0 N–H and O–H groups in total. The number of hydrogen-bond acceptors (Lipinski definition) is 5. The molecule has 0 unspecified atom stereocenters. The van der Waals surface area contributed by atoms with Crippen molar-refractivity contribution in [1.82, 2.24) is 4.37 Å². The van der Waals surface area contributed by atoms with E-state index in [4.69, 9.17) is 32.7 Å². The van der Waals surface area contributed by atoms with E-state index in [0.29, 0.717) is 10.6 Å². The highest BCUT2D eigenvalue weighted by Gasteiger charge is 2.20. The number of rotatable bonds is 7. The standard InChI is InChI=1S/C23H21Cl2F2NO3S/c1-23(2,3)31-20(29)9-8-16-18(26)10-15(11-19(16)27)30-12-17-21(32-28-22(17)25)13-4-6-14(24)7-5-13/h4-7,10-11H,8-9,12H2,1-3H3. The summed E-state index contributed by atoms with van der Waals surface area (Å²) in [5, 5.41) is 0.856. The first-order chi connectivity index (χ1) is 15.0. The van der Waals surface area contributed by atoms with Crippen LogP contribution in [0.25, 0.3) is 10.4 Å². The average molecular weight is 500 g/mol. The van der Waals surface area contributed by atoms with Crippen LogP contribution in [0.1, 0.15) is 38.3 Å². The number of hydrogen-bond donors (Lipinski definition) is 0. The summed E-state index contributed by atoms with van der Waals surface area (Å²) in [5.41, 5.74) is 0.607. The van der Waals surface area contributed by atoms with Crippen LogP contribution in [0.5, 0.6) is 5.75 Å². The van der Waals surface area contributed by atoms with Gasteiger partial charge in [0.25, 0.3) is 0 Å². The van der Waals surface area contributed by atoms with Gasteiger partial charge in [-0.2, -0.15) is 4.37 Å². The van der Waals surface area contributed by atoms with Gasteiger partial charge >= 0.3 is 5.97 Å². The van der Waals surface area contributed by atoms with Gasteiger partial charge in [0, 0.05) is 34.7 Å². The van der Waals surface area contributed by atoms with Crippen LogP contribution in [-0.4, -0.2) is 15.9 Å². The number of ether oxygens (including phenoxy) is 2. The number of carbonyl (C=O) groups is 1. The minimum Gasteiger partial charge on any atom is -0.489 e. The van der Waals surface area contributed by atoms with Crippen molar-refractivity contribution in [1.29, 1.82) is 0 Å². The number of nitrogens with zero attached hydrogens (tertiary/aromatic N) is 1. The lowest BCUT2D eigenvalue weighted by atomic mass is 10.1. The molecule has 32 heavy (non-hydrogen) atoms. The molecule has 0 saturated carbocycles. The summed E-state index contributed by atoms with van der Waals surface area (Å²) >= 11 is 13.3. The van der Waals surface area contributed by atoms with Crippen molar-refractivity contribution in [2.75, 3.05) is 0 Å².